The predicted molar refractivity (Wildman–Crippen MR) is 88.2 cm³/mol. The molecule has 0 aliphatic rings. The highest BCUT2D eigenvalue weighted by Crippen LogP contribution is 2.09. The van der Waals surface area contributed by atoms with Crippen LogP contribution in [-0.2, 0) is 11.2 Å². The van der Waals surface area contributed by atoms with E-state index >= 15 is 0 Å². The first-order valence-corrected chi connectivity index (χ1v) is 7.47. The van der Waals surface area contributed by atoms with E-state index < -0.39 is 12.0 Å². The number of amides is 1. The second-order valence-electron chi connectivity index (χ2n) is 4.56. The first kappa shape index (κ1) is 15.5. The lowest BCUT2D eigenvalue weighted by Gasteiger charge is -2.14. The molecule has 0 bridgehead atoms. The Bertz CT molecular complexity index is 643. The van der Waals surface area contributed by atoms with Crippen molar-refractivity contribution >= 4 is 34.5 Å². The lowest BCUT2D eigenvalue weighted by molar-refractivity contribution is -0.139. The van der Waals surface area contributed by atoms with Gasteiger partial charge in [0.2, 0.25) is 0 Å². The average molecular weight is 395 g/mol. The van der Waals surface area contributed by atoms with Crippen molar-refractivity contribution < 1.29 is 14.7 Å². The zero-order valence-electron chi connectivity index (χ0n) is 11.1. The summed E-state index contributed by atoms with van der Waals surface area (Å²) < 4.78 is 0.926. The van der Waals surface area contributed by atoms with E-state index in [1.807, 2.05) is 36.4 Å². The van der Waals surface area contributed by atoms with E-state index in [9.17, 15) is 14.7 Å². The summed E-state index contributed by atoms with van der Waals surface area (Å²) in [5, 5.41) is 11.8. The molecule has 0 aromatic heterocycles. The molecule has 1 atom stereocenters. The van der Waals surface area contributed by atoms with Gasteiger partial charge in [0.05, 0.1) is 0 Å². The fraction of sp³-hybridized carbons (Fsp3) is 0.125. The van der Waals surface area contributed by atoms with E-state index in [4.69, 9.17) is 0 Å². The number of hydrogen-bond donors (Lipinski definition) is 2. The summed E-state index contributed by atoms with van der Waals surface area (Å²) in [6.07, 6.45) is 0.256. The Morgan fingerprint density at radius 2 is 1.81 bits per heavy atom. The lowest BCUT2D eigenvalue weighted by Crippen LogP contribution is -2.42. The van der Waals surface area contributed by atoms with Gasteiger partial charge in [0.15, 0.2) is 0 Å². The van der Waals surface area contributed by atoms with Crippen molar-refractivity contribution in [3.63, 3.8) is 0 Å². The third-order valence-electron chi connectivity index (χ3n) is 2.97. The fourth-order valence-electron chi connectivity index (χ4n) is 1.92. The largest absolute Gasteiger partial charge is 0.480 e. The van der Waals surface area contributed by atoms with Gasteiger partial charge in [-0.2, -0.15) is 0 Å². The van der Waals surface area contributed by atoms with E-state index in [2.05, 4.69) is 27.9 Å². The molecule has 2 rings (SSSR count). The maximum absolute atomic E-state index is 12.1. The topological polar surface area (TPSA) is 66.4 Å². The van der Waals surface area contributed by atoms with Gasteiger partial charge in [0.25, 0.3) is 5.91 Å². The van der Waals surface area contributed by atoms with Gasteiger partial charge in [0, 0.05) is 15.6 Å². The van der Waals surface area contributed by atoms with Gasteiger partial charge < -0.3 is 10.4 Å². The third-order valence-corrected chi connectivity index (χ3v) is 3.64. The van der Waals surface area contributed by atoms with Crippen molar-refractivity contribution in [3.05, 3.63) is 69.3 Å². The molecule has 5 heteroatoms. The van der Waals surface area contributed by atoms with Gasteiger partial charge in [-0.15, -0.1) is 0 Å². The molecule has 0 saturated heterocycles. The molecular formula is C16H14INO3. The lowest BCUT2D eigenvalue weighted by atomic mass is 10.1. The number of aliphatic carboxylic acids is 1. The van der Waals surface area contributed by atoms with Crippen LogP contribution in [0.5, 0.6) is 0 Å². The van der Waals surface area contributed by atoms with Crippen LogP contribution < -0.4 is 5.32 Å². The maximum Gasteiger partial charge on any atom is 0.326 e. The summed E-state index contributed by atoms with van der Waals surface area (Å²) in [5.41, 5.74) is 1.33. The molecule has 0 radical (unpaired) electrons. The van der Waals surface area contributed by atoms with Crippen molar-refractivity contribution in [1.29, 1.82) is 0 Å². The van der Waals surface area contributed by atoms with Crippen LogP contribution in [0.25, 0.3) is 0 Å². The Morgan fingerprint density at radius 1 is 1.10 bits per heavy atom. The number of carboxylic acids is 1. The van der Waals surface area contributed by atoms with Crippen LogP contribution in [0.1, 0.15) is 15.9 Å². The summed E-state index contributed by atoms with van der Waals surface area (Å²) in [5.74, 6) is -1.42. The Morgan fingerprint density at radius 3 is 2.43 bits per heavy atom. The molecular weight excluding hydrogens is 381 g/mol. The van der Waals surface area contributed by atoms with Crippen LogP contribution in [-0.4, -0.2) is 23.0 Å². The van der Waals surface area contributed by atoms with E-state index in [0.29, 0.717) is 5.56 Å². The molecule has 1 unspecified atom stereocenters. The minimum absolute atomic E-state index is 0.256. The molecule has 2 aromatic rings. The van der Waals surface area contributed by atoms with Gasteiger partial charge in [-0.3, -0.25) is 4.79 Å². The minimum Gasteiger partial charge on any atom is -0.480 e. The molecule has 0 aliphatic carbocycles. The Kier molecular flexibility index (Phi) is 5.32. The van der Waals surface area contributed by atoms with Crippen molar-refractivity contribution in [1.82, 2.24) is 5.32 Å². The molecule has 0 spiro atoms. The minimum atomic E-state index is -1.04. The number of hydrogen-bond acceptors (Lipinski definition) is 2. The Balaban J connectivity index is 2.10. The number of benzene rings is 2. The first-order chi connectivity index (χ1) is 10.1. The van der Waals surface area contributed by atoms with E-state index in [0.717, 1.165) is 9.13 Å². The van der Waals surface area contributed by atoms with Gasteiger partial charge in [-0.1, -0.05) is 36.4 Å². The monoisotopic (exact) mass is 395 g/mol. The normalized spacial score (nSPS) is 11.7. The predicted octanol–water partition coefficient (Wildman–Crippen LogP) is 2.72. The fourth-order valence-corrected chi connectivity index (χ4v) is 2.46. The number of nitrogens with one attached hydrogen (secondary N) is 1. The third kappa shape index (κ3) is 4.56. The van der Waals surface area contributed by atoms with Crippen LogP contribution in [0.3, 0.4) is 0 Å². The highest BCUT2D eigenvalue weighted by Gasteiger charge is 2.21. The summed E-state index contributed by atoms with van der Waals surface area (Å²) in [4.78, 5) is 23.4. The Hall–Kier alpha value is -1.89. The van der Waals surface area contributed by atoms with Crippen molar-refractivity contribution in [2.24, 2.45) is 0 Å². The highest BCUT2D eigenvalue weighted by molar-refractivity contribution is 14.1. The number of rotatable bonds is 5. The molecule has 2 aromatic carbocycles. The standard InChI is InChI=1S/C16H14INO3/c17-13-8-4-7-12(10-13)15(19)18-14(16(20)21)9-11-5-2-1-3-6-11/h1-8,10,14H,9H2,(H,18,19)(H,20,21). The van der Waals surface area contributed by atoms with Crippen molar-refractivity contribution in [3.8, 4) is 0 Å². The van der Waals surface area contributed by atoms with Crippen LogP contribution in [0.2, 0.25) is 0 Å². The number of carboxylic acid groups (broad SMARTS) is 1. The van der Waals surface area contributed by atoms with E-state index in [1.54, 1.807) is 18.2 Å². The maximum atomic E-state index is 12.1. The zero-order chi connectivity index (χ0) is 15.2. The molecule has 0 aliphatic heterocycles. The van der Waals surface area contributed by atoms with E-state index in [-0.39, 0.29) is 12.3 Å². The van der Waals surface area contributed by atoms with Crippen molar-refractivity contribution in [2.75, 3.05) is 0 Å². The van der Waals surface area contributed by atoms with Gasteiger partial charge in [-0.05, 0) is 46.4 Å². The van der Waals surface area contributed by atoms with Crippen LogP contribution in [0.15, 0.2) is 54.6 Å². The first-order valence-electron chi connectivity index (χ1n) is 6.39. The quantitative estimate of drug-likeness (QED) is 0.766. The average Bonchev–Trinajstić information content (AvgIpc) is 2.47. The molecule has 4 nitrogen and oxygen atoms in total. The number of carbonyl (C=O) groups excluding carboxylic acids is 1. The molecule has 0 heterocycles. The second kappa shape index (κ2) is 7.21. The molecule has 108 valence electrons. The van der Waals surface area contributed by atoms with E-state index in [1.165, 1.54) is 0 Å². The summed E-state index contributed by atoms with van der Waals surface area (Å²) in [6, 6.07) is 15.3. The van der Waals surface area contributed by atoms with Gasteiger partial charge in [0.1, 0.15) is 6.04 Å². The smallest absolute Gasteiger partial charge is 0.326 e. The second-order valence-corrected chi connectivity index (χ2v) is 5.81. The summed E-state index contributed by atoms with van der Waals surface area (Å²) in [6.45, 7) is 0. The summed E-state index contributed by atoms with van der Waals surface area (Å²) in [7, 11) is 0. The van der Waals surface area contributed by atoms with Crippen LogP contribution in [0.4, 0.5) is 0 Å². The summed E-state index contributed by atoms with van der Waals surface area (Å²) >= 11 is 2.11. The molecule has 0 fully saturated rings. The SMILES string of the molecule is O=C(NC(Cc1ccccc1)C(=O)O)c1cccc(I)c1. The number of carbonyl (C=O) groups is 2. The molecule has 2 N–H and O–H groups in total. The number of halogens is 1. The molecule has 0 saturated carbocycles. The molecule has 1 amide bonds. The molecule has 21 heavy (non-hydrogen) atoms. The zero-order valence-corrected chi connectivity index (χ0v) is 13.3. The van der Waals surface area contributed by atoms with Gasteiger partial charge in [-0.25, -0.2) is 4.79 Å². The van der Waals surface area contributed by atoms with Crippen molar-refractivity contribution in [2.45, 2.75) is 12.5 Å². The van der Waals surface area contributed by atoms with Gasteiger partial charge >= 0.3 is 5.97 Å². The van der Waals surface area contributed by atoms with Crippen LogP contribution >= 0.6 is 22.6 Å². The Labute approximate surface area is 136 Å². The van der Waals surface area contributed by atoms with Crippen LogP contribution in [0, 0.1) is 3.57 Å². The highest BCUT2D eigenvalue weighted by atomic mass is 127.